The van der Waals surface area contributed by atoms with Crippen molar-refractivity contribution in [2.75, 3.05) is 13.1 Å². The van der Waals surface area contributed by atoms with Gasteiger partial charge in [-0.05, 0) is 43.5 Å². The van der Waals surface area contributed by atoms with Gasteiger partial charge in [-0.1, -0.05) is 59.6 Å². The van der Waals surface area contributed by atoms with Crippen LogP contribution in [0.25, 0.3) is 0 Å². The molecule has 25 heavy (non-hydrogen) atoms. The molecule has 0 aliphatic rings. The lowest BCUT2D eigenvalue weighted by atomic mass is 10.1. The molecule has 0 aliphatic carbocycles. The lowest BCUT2D eigenvalue weighted by molar-refractivity contribution is -0.122. The number of amides is 1. The smallest absolute Gasteiger partial charge is 0.234 e. The highest BCUT2D eigenvalue weighted by molar-refractivity contribution is 6.35. The Hall–Kier alpha value is -1.55. The molecule has 0 saturated carbocycles. The van der Waals surface area contributed by atoms with Crippen molar-refractivity contribution < 1.29 is 4.79 Å². The summed E-state index contributed by atoms with van der Waals surface area (Å²) in [6.07, 6.45) is 0.683. The maximum absolute atomic E-state index is 12.3. The van der Waals surface area contributed by atoms with E-state index in [-0.39, 0.29) is 11.9 Å². The Kier molecular flexibility index (Phi) is 7.76. The van der Waals surface area contributed by atoms with E-state index in [1.165, 1.54) is 5.56 Å². The Labute approximate surface area is 159 Å². The van der Waals surface area contributed by atoms with Gasteiger partial charge in [-0.3, -0.25) is 9.69 Å². The fourth-order valence-electron chi connectivity index (χ4n) is 2.54. The summed E-state index contributed by atoms with van der Waals surface area (Å²) in [5, 5.41) is 4.22. The number of carbonyl (C=O) groups is 1. The predicted octanol–water partition coefficient (Wildman–Crippen LogP) is 4.56. The van der Waals surface area contributed by atoms with Crippen LogP contribution in [0.15, 0.2) is 48.5 Å². The van der Waals surface area contributed by atoms with Crippen LogP contribution < -0.4 is 5.32 Å². The van der Waals surface area contributed by atoms with E-state index in [1.807, 2.05) is 30.3 Å². The van der Waals surface area contributed by atoms with E-state index in [0.717, 1.165) is 12.1 Å². The summed E-state index contributed by atoms with van der Waals surface area (Å²) in [4.78, 5) is 14.4. The zero-order chi connectivity index (χ0) is 18.2. The fraction of sp³-hybridized carbons (Fsp3) is 0.350. The van der Waals surface area contributed by atoms with Gasteiger partial charge in [0.2, 0.25) is 5.91 Å². The molecule has 1 amide bonds. The SMILES string of the molecule is CC(C)N(CC(=O)NCCc1ccc(Cl)cc1Cl)Cc1ccccc1. The van der Waals surface area contributed by atoms with Crippen LogP contribution in [0, 0.1) is 0 Å². The Morgan fingerprint density at radius 1 is 1.12 bits per heavy atom. The minimum absolute atomic E-state index is 0.0229. The van der Waals surface area contributed by atoms with Gasteiger partial charge in [0.05, 0.1) is 6.54 Å². The quantitative estimate of drug-likeness (QED) is 0.729. The topological polar surface area (TPSA) is 32.3 Å². The molecule has 2 aromatic carbocycles. The summed E-state index contributed by atoms with van der Waals surface area (Å²) in [5.74, 6) is 0.0229. The molecule has 0 radical (unpaired) electrons. The second-order valence-electron chi connectivity index (χ2n) is 6.32. The Balaban J connectivity index is 1.82. The van der Waals surface area contributed by atoms with E-state index in [9.17, 15) is 4.79 Å². The first kappa shape index (κ1) is 19.8. The molecular weight excluding hydrogens is 355 g/mol. The monoisotopic (exact) mass is 378 g/mol. The van der Waals surface area contributed by atoms with Gasteiger partial charge in [-0.25, -0.2) is 0 Å². The number of hydrogen-bond donors (Lipinski definition) is 1. The lowest BCUT2D eigenvalue weighted by Crippen LogP contribution is -2.40. The predicted molar refractivity (Wildman–Crippen MR) is 105 cm³/mol. The van der Waals surface area contributed by atoms with E-state index in [2.05, 4.69) is 36.2 Å². The van der Waals surface area contributed by atoms with Crippen LogP contribution in [-0.2, 0) is 17.8 Å². The first-order chi connectivity index (χ1) is 12.0. The molecule has 3 nitrogen and oxygen atoms in total. The highest BCUT2D eigenvalue weighted by atomic mass is 35.5. The number of nitrogens with one attached hydrogen (secondary N) is 1. The molecule has 0 atom stereocenters. The highest BCUT2D eigenvalue weighted by Gasteiger charge is 2.14. The summed E-state index contributed by atoms with van der Waals surface area (Å²) in [6, 6.07) is 15.9. The van der Waals surface area contributed by atoms with Crippen LogP contribution in [0.4, 0.5) is 0 Å². The van der Waals surface area contributed by atoms with E-state index < -0.39 is 0 Å². The lowest BCUT2D eigenvalue weighted by Gasteiger charge is -2.26. The van der Waals surface area contributed by atoms with Crippen LogP contribution >= 0.6 is 23.2 Å². The van der Waals surface area contributed by atoms with Gasteiger partial charge >= 0.3 is 0 Å². The molecule has 2 aromatic rings. The van der Waals surface area contributed by atoms with Crippen LogP contribution in [0.1, 0.15) is 25.0 Å². The molecule has 5 heteroatoms. The number of rotatable bonds is 8. The minimum atomic E-state index is 0.0229. The first-order valence-corrected chi connectivity index (χ1v) is 9.20. The van der Waals surface area contributed by atoms with Gasteiger partial charge in [0.1, 0.15) is 0 Å². The number of benzene rings is 2. The Morgan fingerprint density at radius 2 is 1.84 bits per heavy atom. The van der Waals surface area contributed by atoms with Crippen molar-refractivity contribution in [2.45, 2.75) is 32.9 Å². The van der Waals surface area contributed by atoms with Crippen LogP contribution in [0.5, 0.6) is 0 Å². The standard InChI is InChI=1S/C20H24Cl2N2O/c1-15(2)24(13-16-6-4-3-5-7-16)14-20(25)23-11-10-17-8-9-18(21)12-19(17)22/h3-9,12,15H,10-11,13-14H2,1-2H3,(H,23,25). The van der Waals surface area contributed by atoms with Gasteiger partial charge in [0.15, 0.2) is 0 Å². The normalized spacial score (nSPS) is 11.1. The average Bonchev–Trinajstić information content (AvgIpc) is 2.57. The molecular formula is C20H24Cl2N2O. The maximum Gasteiger partial charge on any atom is 0.234 e. The summed E-state index contributed by atoms with van der Waals surface area (Å²) >= 11 is 12.1. The Morgan fingerprint density at radius 3 is 2.48 bits per heavy atom. The maximum atomic E-state index is 12.3. The molecule has 2 rings (SSSR count). The van der Waals surface area contributed by atoms with Crippen LogP contribution in [0.3, 0.4) is 0 Å². The van der Waals surface area contributed by atoms with E-state index in [4.69, 9.17) is 23.2 Å². The molecule has 0 aromatic heterocycles. The molecule has 0 saturated heterocycles. The first-order valence-electron chi connectivity index (χ1n) is 8.44. The molecule has 0 unspecified atom stereocenters. The van der Waals surface area contributed by atoms with Gasteiger partial charge < -0.3 is 5.32 Å². The summed E-state index contributed by atoms with van der Waals surface area (Å²) in [5.41, 5.74) is 2.19. The fourth-order valence-corrected chi connectivity index (χ4v) is 3.04. The van der Waals surface area contributed by atoms with Crippen molar-refractivity contribution in [3.05, 3.63) is 69.7 Å². The van der Waals surface area contributed by atoms with Gasteiger partial charge in [-0.15, -0.1) is 0 Å². The van der Waals surface area contributed by atoms with Crippen molar-refractivity contribution in [1.29, 1.82) is 0 Å². The third kappa shape index (κ3) is 6.69. The third-order valence-electron chi connectivity index (χ3n) is 4.04. The third-order valence-corrected chi connectivity index (χ3v) is 4.62. The summed E-state index contributed by atoms with van der Waals surface area (Å²) < 4.78 is 0. The van der Waals surface area contributed by atoms with Crippen molar-refractivity contribution in [3.8, 4) is 0 Å². The van der Waals surface area contributed by atoms with Gasteiger partial charge in [0, 0.05) is 29.2 Å². The molecule has 0 spiro atoms. The zero-order valence-corrected chi connectivity index (χ0v) is 16.1. The minimum Gasteiger partial charge on any atom is -0.355 e. The van der Waals surface area contributed by atoms with Crippen molar-refractivity contribution in [1.82, 2.24) is 10.2 Å². The van der Waals surface area contributed by atoms with Gasteiger partial charge in [-0.2, -0.15) is 0 Å². The van der Waals surface area contributed by atoms with E-state index in [1.54, 1.807) is 6.07 Å². The molecule has 0 aliphatic heterocycles. The second-order valence-corrected chi connectivity index (χ2v) is 7.16. The van der Waals surface area contributed by atoms with E-state index in [0.29, 0.717) is 29.6 Å². The number of halogens is 2. The molecule has 0 bridgehead atoms. The summed E-state index contributed by atoms with van der Waals surface area (Å²) in [7, 11) is 0. The van der Waals surface area contributed by atoms with Crippen LogP contribution in [-0.4, -0.2) is 29.9 Å². The highest BCUT2D eigenvalue weighted by Crippen LogP contribution is 2.21. The Bertz CT molecular complexity index is 689. The van der Waals surface area contributed by atoms with Crippen LogP contribution in [0.2, 0.25) is 10.0 Å². The summed E-state index contributed by atoms with van der Waals surface area (Å²) in [6.45, 7) is 5.89. The van der Waals surface area contributed by atoms with Crippen molar-refractivity contribution >= 4 is 29.1 Å². The van der Waals surface area contributed by atoms with Crippen molar-refractivity contribution in [3.63, 3.8) is 0 Å². The van der Waals surface area contributed by atoms with Crippen molar-refractivity contribution in [2.24, 2.45) is 0 Å². The zero-order valence-electron chi connectivity index (χ0n) is 14.6. The average molecular weight is 379 g/mol. The number of carbonyl (C=O) groups excluding carboxylic acids is 1. The molecule has 134 valence electrons. The molecule has 1 N–H and O–H groups in total. The molecule has 0 heterocycles. The second kappa shape index (κ2) is 9.81. The number of nitrogens with zero attached hydrogens (tertiary/aromatic N) is 1. The number of hydrogen-bond acceptors (Lipinski definition) is 2. The molecule has 0 fully saturated rings. The largest absolute Gasteiger partial charge is 0.355 e. The van der Waals surface area contributed by atoms with Gasteiger partial charge in [0.25, 0.3) is 0 Å². The van der Waals surface area contributed by atoms with E-state index >= 15 is 0 Å².